The molecule has 0 bridgehead atoms. The first-order chi connectivity index (χ1) is 20.3. The molecule has 0 aliphatic carbocycles. The zero-order chi connectivity index (χ0) is 31.1. The van der Waals surface area contributed by atoms with E-state index < -0.39 is 36.8 Å². The molecule has 3 aromatic rings. The largest absolute Gasteiger partial charge is 0.399 e. The monoisotopic (exact) mass is 617 g/mol. The molecule has 0 spiro atoms. The minimum atomic E-state index is -5.78. The van der Waals surface area contributed by atoms with Crippen LogP contribution in [0.15, 0.2) is 54.6 Å². The number of aromatic nitrogens is 1. The highest BCUT2D eigenvalue weighted by molar-refractivity contribution is 7.52. The highest BCUT2D eigenvalue weighted by atomic mass is 31.2. The molecule has 11 nitrogen and oxygen atoms in total. The van der Waals surface area contributed by atoms with Gasteiger partial charge in [-0.2, -0.15) is 8.78 Å². The molecule has 2 aliphatic rings. The summed E-state index contributed by atoms with van der Waals surface area (Å²) in [7, 11) is -2.49. The lowest BCUT2D eigenvalue weighted by Gasteiger charge is -2.39. The Kier molecular flexibility index (Phi) is 8.45. The third-order valence-corrected chi connectivity index (χ3v) is 9.12. The van der Waals surface area contributed by atoms with Gasteiger partial charge < -0.3 is 29.9 Å². The fourth-order valence-corrected chi connectivity index (χ4v) is 6.39. The molecule has 0 saturated carbocycles. The Labute approximate surface area is 247 Å². The minimum Gasteiger partial charge on any atom is -0.351 e. The van der Waals surface area contributed by atoms with E-state index in [1.807, 2.05) is 30.3 Å². The lowest BCUT2D eigenvalue weighted by atomic mass is 10.1. The average molecular weight is 618 g/mol. The Morgan fingerprint density at radius 1 is 1.09 bits per heavy atom. The van der Waals surface area contributed by atoms with Gasteiger partial charge in [-0.3, -0.25) is 23.8 Å². The van der Waals surface area contributed by atoms with Gasteiger partial charge in [0.2, 0.25) is 11.8 Å². The second-order valence-electron chi connectivity index (χ2n) is 11.3. The van der Waals surface area contributed by atoms with Gasteiger partial charge >= 0.3 is 13.3 Å². The number of fused-ring (bicyclic) bond motifs is 2. The van der Waals surface area contributed by atoms with Gasteiger partial charge in [0, 0.05) is 56.2 Å². The molecule has 3 amide bonds. The Bertz CT molecular complexity index is 1580. The Morgan fingerprint density at radius 3 is 2.49 bits per heavy atom. The number of carbonyl (C=O) groups is 3. The standard InChI is InChI=1S/C29H34F2N5O6P/c1-34(2)28(39)25-11-9-21-12-13-35(16-18-6-4-3-5-7-18)17-24(27(38)36(21)25)33-26(37)23-15-19-14-20(8-10-22(19)32-23)29(30,31)43(40,41)42/h3-8,10,14-15,21,24-25,32H,9,11-13,16-17H2,1-2H3,(H,33,37)(H2,40,41,42)/t21-,24+,25+/m1/s1. The van der Waals surface area contributed by atoms with Crippen LogP contribution in [0.3, 0.4) is 0 Å². The molecule has 43 heavy (non-hydrogen) atoms. The quantitative estimate of drug-likeness (QED) is 0.298. The van der Waals surface area contributed by atoms with Gasteiger partial charge in [-0.1, -0.05) is 36.4 Å². The molecular formula is C29H34F2N5O6P. The maximum absolute atomic E-state index is 14.3. The second kappa shape index (κ2) is 11.8. The van der Waals surface area contributed by atoms with Crippen molar-refractivity contribution >= 4 is 36.2 Å². The number of carbonyl (C=O) groups excluding carboxylic acids is 3. The number of nitrogens with zero attached hydrogens (tertiary/aromatic N) is 3. The predicted octanol–water partition coefficient (Wildman–Crippen LogP) is 2.85. The minimum absolute atomic E-state index is 0.0185. The number of rotatable bonds is 7. The van der Waals surface area contributed by atoms with Gasteiger partial charge in [-0.25, -0.2) is 0 Å². The number of alkyl halides is 2. The van der Waals surface area contributed by atoms with E-state index >= 15 is 0 Å². The van der Waals surface area contributed by atoms with Crippen molar-refractivity contribution < 1.29 is 37.5 Å². The van der Waals surface area contributed by atoms with Gasteiger partial charge in [0.1, 0.15) is 17.8 Å². The number of likely N-dealkylation sites (N-methyl/N-ethyl adjacent to an activating group) is 1. The number of H-pyrrole nitrogens is 1. The molecule has 0 radical (unpaired) electrons. The molecule has 0 unspecified atom stereocenters. The Hall–Kier alpha value is -3.64. The second-order valence-corrected chi connectivity index (χ2v) is 13.0. The van der Waals surface area contributed by atoms with Gasteiger partial charge in [-0.15, -0.1) is 0 Å². The first kappa shape index (κ1) is 30.8. The van der Waals surface area contributed by atoms with E-state index in [4.69, 9.17) is 9.79 Å². The molecule has 5 rings (SSSR count). The molecule has 3 atom stereocenters. The molecule has 2 aromatic carbocycles. The predicted molar refractivity (Wildman–Crippen MR) is 154 cm³/mol. The Morgan fingerprint density at radius 2 is 1.81 bits per heavy atom. The highest BCUT2D eigenvalue weighted by Crippen LogP contribution is 2.59. The summed E-state index contributed by atoms with van der Waals surface area (Å²) in [6.07, 6.45) is 1.87. The van der Waals surface area contributed by atoms with E-state index in [2.05, 4.69) is 15.2 Å². The van der Waals surface area contributed by atoms with Crippen molar-refractivity contribution in [2.24, 2.45) is 0 Å². The van der Waals surface area contributed by atoms with Crippen molar-refractivity contribution in [1.29, 1.82) is 0 Å². The molecule has 2 aliphatic heterocycles. The number of aromatic amines is 1. The van der Waals surface area contributed by atoms with E-state index in [9.17, 15) is 27.7 Å². The molecule has 4 N–H and O–H groups in total. The fraction of sp³-hybridized carbons (Fsp3) is 0.414. The summed E-state index contributed by atoms with van der Waals surface area (Å²) in [5.41, 5.74) is -3.97. The summed E-state index contributed by atoms with van der Waals surface area (Å²) in [5, 5.41) is 2.94. The van der Waals surface area contributed by atoms with Gasteiger partial charge in [-0.05, 0) is 43.0 Å². The van der Waals surface area contributed by atoms with Crippen molar-refractivity contribution in [1.82, 2.24) is 25.0 Å². The molecule has 2 fully saturated rings. The van der Waals surface area contributed by atoms with Crippen molar-refractivity contribution in [2.75, 3.05) is 27.2 Å². The maximum atomic E-state index is 14.3. The first-order valence-electron chi connectivity index (χ1n) is 13.9. The summed E-state index contributed by atoms with van der Waals surface area (Å²) >= 11 is 0. The SMILES string of the molecule is CN(C)C(=O)[C@@H]1CC[C@@H]2CCN(Cc3ccccc3)C[C@H](NC(=O)c3cc4cc(C(F)(F)P(=O)(O)O)ccc4[nH]3)C(=O)N21. The maximum Gasteiger partial charge on any atom is 0.399 e. The Balaban J connectivity index is 1.43. The van der Waals surface area contributed by atoms with Crippen molar-refractivity contribution in [3.8, 4) is 0 Å². The zero-order valence-electron chi connectivity index (χ0n) is 23.7. The van der Waals surface area contributed by atoms with Gasteiger partial charge in [0.15, 0.2) is 0 Å². The average Bonchev–Trinajstić information content (AvgIpc) is 3.58. The molecule has 14 heteroatoms. The topological polar surface area (TPSA) is 146 Å². The van der Waals surface area contributed by atoms with Gasteiger partial charge in [0.25, 0.3) is 5.91 Å². The summed E-state index contributed by atoms with van der Waals surface area (Å²) in [4.78, 5) is 66.7. The van der Waals surface area contributed by atoms with E-state index in [0.29, 0.717) is 37.9 Å². The normalized spacial score (nSPS) is 21.8. The van der Waals surface area contributed by atoms with Crippen LogP contribution in [-0.2, 0) is 26.4 Å². The van der Waals surface area contributed by atoms with Crippen LogP contribution < -0.4 is 5.32 Å². The summed E-state index contributed by atoms with van der Waals surface area (Å²) in [5.74, 6) is -1.21. The van der Waals surface area contributed by atoms with Crippen LogP contribution in [0.25, 0.3) is 10.9 Å². The summed E-state index contributed by atoms with van der Waals surface area (Å²) in [6.45, 7) is 1.38. The van der Waals surface area contributed by atoms with E-state index in [1.165, 1.54) is 17.0 Å². The van der Waals surface area contributed by atoms with E-state index in [-0.39, 0.29) is 35.5 Å². The number of amides is 3. The van der Waals surface area contributed by atoms with E-state index in [0.717, 1.165) is 17.7 Å². The lowest BCUT2D eigenvalue weighted by Crippen LogP contribution is -2.60. The van der Waals surface area contributed by atoms with Crippen LogP contribution in [0, 0.1) is 0 Å². The fourth-order valence-electron chi connectivity index (χ4n) is 5.92. The number of hydrogen-bond acceptors (Lipinski definition) is 5. The van der Waals surface area contributed by atoms with Crippen molar-refractivity contribution in [2.45, 2.75) is 49.6 Å². The third-order valence-electron chi connectivity index (χ3n) is 8.13. The molecule has 1 aromatic heterocycles. The molecule has 230 valence electrons. The smallest absolute Gasteiger partial charge is 0.351 e. The van der Waals surface area contributed by atoms with Gasteiger partial charge in [0.05, 0.1) is 0 Å². The van der Waals surface area contributed by atoms with E-state index in [1.54, 1.807) is 19.0 Å². The molecule has 2 saturated heterocycles. The zero-order valence-corrected chi connectivity index (χ0v) is 24.6. The summed E-state index contributed by atoms with van der Waals surface area (Å²) < 4.78 is 39.9. The van der Waals surface area contributed by atoms with Crippen LogP contribution in [0.5, 0.6) is 0 Å². The number of nitrogens with one attached hydrogen (secondary N) is 2. The lowest BCUT2D eigenvalue weighted by molar-refractivity contribution is -0.146. The van der Waals surface area contributed by atoms with Crippen LogP contribution in [-0.4, -0.2) is 92.5 Å². The molecular weight excluding hydrogens is 583 g/mol. The number of benzene rings is 2. The van der Waals surface area contributed by atoms with Crippen LogP contribution in [0.4, 0.5) is 8.78 Å². The van der Waals surface area contributed by atoms with Crippen LogP contribution in [0.2, 0.25) is 0 Å². The third kappa shape index (κ3) is 6.21. The number of hydrogen-bond donors (Lipinski definition) is 4. The van der Waals surface area contributed by atoms with Crippen LogP contribution >= 0.6 is 7.60 Å². The first-order valence-corrected chi connectivity index (χ1v) is 15.5. The summed E-state index contributed by atoms with van der Waals surface area (Å²) in [6, 6.07) is 12.2. The number of halogens is 2. The molecule has 3 heterocycles. The van der Waals surface area contributed by atoms with Crippen molar-refractivity contribution in [3.63, 3.8) is 0 Å². The van der Waals surface area contributed by atoms with Crippen molar-refractivity contribution in [3.05, 3.63) is 71.4 Å². The van der Waals surface area contributed by atoms with Crippen LogP contribution in [0.1, 0.15) is 40.9 Å². The highest BCUT2D eigenvalue weighted by Gasteiger charge is 2.50.